The van der Waals surface area contributed by atoms with E-state index in [-0.39, 0.29) is 16.1 Å². The molecule has 4 nitrogen and oxygen atoms in total. The second kappa shape index (κ2) is 4.64. The Bertz CT molecular complexity index is 598. The predicted molar refractivity (Wildman–Crippen MR) is 76.4 cm³/mol. The molecule has 7 heteroatoms. The minimum absolute atomic E-state index is 0.0455. The minimum atomic E-state index is -3.91. The Hall–Kier alpha value is -0.260. The smallest absolute Gasteiger partial charge is 0.249 e. The zero-order chi connectivity index (χ0) is 14.6. The van der Waals surface area contributed by atoms with Gasteiger partial charge in [-0.1, -0.05) is 32.4 Å². The van der Waals surface area contributed by atoms with Crippen LogP contribution in [0.25, 0.3) is 0 Å². The summed E-state index contributed by atoms with van der Waals surface area (Å²) in [5.41, 5.74) is -0.00451. The molecule has 0 radical (unpaired) electrons. The van der Waals surface area contributed by atoms with E-state index in [4.69, 9.17) is 22.3 Å². The van der Waals surface area contributed by atoms with Crippen molar-refractivity contribution < 1.29 is 8.42 Å². The molecule has 1 atom stereocenters. The van der Waals surface area contributed by atoms with Gasteiger partial charge in [0.15, 0.2) is 0 Å². The fraction of sp³-hybridized carbons (Fsp3) is 0.750. The van der Waals surface area contributed by atoms with Gasteiger partial charge < -0.3 is 0 Å². The van der Waals surface area contributed by atoms with Gasteiger partial charge in [-0.25, -0.2) is 13.1 Å². The first-order chi connectivity index (χ1) is 8.53. The molecule has 0 saturated heterocycles. The zero-order valence-electron chi connectivity index (χ0n) is 11.4. The van der Waals surface area contributed by atoms with Crippen LogP contribution in [0, 0.1) is 5.92 Å². The summed E-state index contributed by atoms with van der Waals surface area (Å²) in [6.45, 7) is 7.68. The monoisotopic (exact) mass is 324 g/mol. The topological polar surface area (TPSA) is 52.0 Å². The molecule has 0 spiro atoms. The Kier molecular flexibility index (Phi) is 3.69. The third-order valence-corrected chi connectivity index (χ3v) is 5.27. The number of nitrogens with zero attached hydrogens (tertiary/aromatic N) is 2. The van der Waals surface area contributed by atoms with E-state index in [1.165, 1.54) is 0 Å². The van der Waals surface area contributed by atoms with Gasteiger partial charge >= 0.3 is 0 Å². The molecular formula is C12H18Cl2N2O2S. The van der Waals surface area contributed by atoms with Crippen molar-refractivity contribution in [1.82, 2.24) is 9.78 Å². The van der Waals surface area contributed by atoms with Crippen LogP contribution >= 0.6 is 22.3 Å². The Morgan fingerprint density at radius 3 is 2.21 bits per heavy atom. The third-order valence-electron chi connectivity index (χ3n) is 3.46. The lowest BCUT2D eigenvalue weighted by Crippen LogP contribution is -2.16. The lowest BCUT2D eigenvalue weighted by molar-refractivity contribution is 0.427. The van der Waals surface area contributed by atoms with Gasteiger partial charge in [-0.15, -0.1) is 0 Å². The standard InChI is InChI=1S/C12H18Cl2N2O2S/c1-7(8-5-6-8)16-11(13)9(19(14,17)18)10(15-16)12(2,3)4/h7-8H,5-6H2,1-4H3. The quantitative estimate of drug-likeness (QED) is 0.796. The molecule has 1 aromatic rings. The highest BCUT2D eigenvalue weighted by Gasteiger charge is 2.37. The molecule has 0 bridgehead atoms. The lowest BCUT2D eigenvalue weighted by Gasteiger charge is -2.16. The molecule has 0 aliphatic heterocycles. The van der Waals surface area contributed by atoms with E-state index >= 15 is 0 Å². The number of hydrogen-bond acceptors (Lipinski definition) is 3. The van der Waals surface area contributed by atoms with Gasteiger partial charge in [-0.3, -0.25) is 0 Å². The predicted octanol–water partition coefficient (Wildman–Crippen LogP) is 3.73. The third kappa shape index (κ3) is 2.93. The van der Waals surface area contributed by atoms with Crippen LogP contribution in [0.5, 0.6) is 0 Å². The molecule has 1 aliphatic carbocycles. The molecule has 1 aliphatic rings. The summed E-state index contributed by atoms with van der Waals surface area (Å²) < 4.78 is 25.1. The Morgan fingerprint density at radius 2 is 1.89 bits per heavy atom. The van der Waals surface area contributed by atoms with E-state index in [0.717, 1.165) is 12.8 Å². The molecule has 0 aromatic carbocycles. The summed E-state index contributed by atoms with van der Waals surface area (Å²) in [7, 11) is 1.61. The summed E-state index contributed by atoms with van der Waals surface area (Å²) >= 11 is 6.22. The summed E-state index contributed by atoms with van der Waals surface area (Å²) in [5.74, 6) is 0.524. The fourth-order valence-corrected chi connectivity index (χ4v) is 4.17. The molecule has 0 amide bonds. The lowest BCUT2D eigenvalue weighted by atomic mass is 9.92. The van der Waals surface area contributed by atoms with Crippen molar-refractivity contribution in [3.05, 3.63) is 10.8 Å². The molecule has 1 fully saturated rings. The average Bonchev–Trinajstić information content (AvgIpc) is 2.97. The fourth-order valence-electron chi connectivity index (χ4n) is 2.15. The number of rotatable bonds is 3. The molecule has 1 heterocycles. The van der Waals surface area contributed by atoms with Crippen LogP contribution in [0.15, 0.2) is 4.90 Å². The van der Waals surface area contributed by atoms with Crippen molar-refractivity contribution in [2.24, 2.45) is 5.92 Å². The van der Waals surface area contributed by atoms with Crippen molar-refractivity contribution >= 4 is 31.3 Å². The van der Waals surface area contributed by atoms with Crippen molar-refractivity contribution in [2.45, 2.75) is 56.9 Å². The summed E-state index contributed by atoms with van der Waals surface area (Å²) in [6, 6.07) is 0.0979. The maximum absolute atomic E-state index is 11.8. The number of hydrogen-bond donors (Lipinski definition) is 0. The molecule has 108 valence electrons. The molecule has 1 saturated carbocycles. The van der Waals surface area contributed by atoms with Gasteiger partial charge in [-0.2, -0.15) is 5.10 Å². The largest absolute Gasteiger partial charge is 0.266 e. The van der Waals surface area contributed by atoms with Crippen LogP contribution in [0.1, 0.15) is 52.3 Å². The van der Waals surface area contributed by atoms with E-state index in [9.17, 15) is 8.42 Å². The van der Waals surface area contributed by atoms with E-state index in [1.807, 2.05) is 27.7 Å². The second-order valence-corrected chi connectivity index (χ2v) is 9.04. The average molecular weight is 325 g/mol. The number of aromatic nitrogens is 2. The second-order valence-electron chi connectivity index (χ2n) is 6.18. The first-order valence-corrected chi connectivity index (χ1v) is 8.95. The van der Waals surface area contributed by atoms with E-state index < -0.39 is 14.5 Å². The van der Waals surface area contributed by atoms with Gasteiger partial charge in [0.1, 0.15) is 10.0 Å². The van der Waals surface area contributed by atoms with Gasteiger partial charge in [0.2, 0.25) is 0 Å². The maximum Gasteiger partial charge on any atom is 0.266 e. The van der Waals surface area contributed by atoms with Crippen LogP contribution in [0.2, 0.25) is 5.15 Å². The summed E-state index contributed by atoms with van der Waals surface area (Å²) in [5, 5.41) is 4.55. The zero-order valence-corrected chi connectivity index (χ0v) is 13.8. The molecule has 2 rings (SSSR count). The minimum Gasteiger partial charge on any atom is -0.249 e. The number of halogens is 2. The maximum atomic E-state index is 11.8. The molecular weight excluding hydrogens is 307 g/mol. The Balaban J connectivity index is 2.63. The summed E-state index contributed by atoms with van der Waals surface area (Å²) in [4.78, 5) is -0.0455. The molecule has 19 heavy (non-hydrogen) atoms. The molecule has 0 N–H and O–H groups in total. The molecule has 1 aromatic heterocycles. The summed E-state index contributed by atoms with van der Waals surface area (Å²) in [6.07, 6.45) is 2.26. The van der Waals surface area contributed by atoms with Gasteiger partial charge in [0.05, 0.1) is 11.7 Å². The van der Waals surface area contributed by atoms with Crippen molar-refractivity contribution in [3.63, 3.8) is 0 Å². The first kappa shape index (κ1) is 15.1. The Labute approximate surface area is 123 Å². The highest BCUT2D eigenvalue weighted by Crippen LogP contribution is 2.43. The van der Waals surface area contributed by atoms with Crippen molar-refractivity contribution in [1.29, 1.82) is 0 Å². The normalized spacial score (nSPS) is 18.6. The SMILES string of the molecule is CC(C1CC1)n1nc(C(C)(C)C)c(S(=O)(=O)Cl)c1Cl. The van der Waals surface area contributed by atoms with Crippen LogP contribution in [-0.4, -0.2) is 18.2 Å². The van der Waals surface area contributed by atoms with Crippen LogP contribution in [-0.2, 0) is 14.5 Å². The molecule has 1 unspecified atom stereocenters. The first-order valence-electron chi connectivity index (χ1n) is 6.26. The highest BCUT2D eigenvalue weighted by atomic mass is 35.7. The van der Waals surface area contributed by atoms with E-state index in [2.05, 4.69) is 5.10 Å². The van der Waals surface area contributed by atoms with Crippen LogP contribution < -0.4 is 0 Å². The van der Waals surface area contributed by atoms with Crippen molar-refractivity contribution in [2.75, 3.05) is 0 Å². The van der Waals surface area contributed by atoms with E-state index in [0.29, 0.717) is 11.6 Å². The van der Waals surface area contributed by atoms with Crippen LogP contribution in [0.3, 0.4) is 0 Å². The van der Waals surface area contributed by atoms with E-state index in [1.54, 1.807) is 4.68 Å². The van der Waals surface area contributed by atoms with Gasteiger partial charge in [0.25, 0.3) is 9.05 Å². The van der Waals surface area contributed by atoms with Gasteiger partial charge in [-0.05, 0) is 25.7 Å². The van der Waals surface area contributed by atoms with Crippen LogP contribution in [0.4, 0.5) is 0 Å². The van der Waals surface area contributed by atoms with Gasteiger partial charge in [0, 0.05) is 16.1 Å². The Morgan fingerprint density at radius 1 is 1.37 bits per heavy atom. The highest BCUT2D eigenvalue weighted by molar-refractivity contribution is 8.13. The van der Waals surface area contributed by atoms with Crippen molar-refractivity contribution in [3.8, 4) is 0 Å².